The van der Waals surface area contributed by atoms with Crippen LogP contribution in [-0.4, -0.2) is 36.0 Å². The first-order valence-corrected chi connectivity index (χ1v) is 5.47. The third-order valence-corrected chi connectivity index (χ3v) is 2.54. The number of nitrogens with zero attached hydrogens (tertiary/aromatic N) is 1. The first-order valence-electron chi connectivity index (χ1n) is 5.47. The maximum Gasteiger partial charge on any atom is 0.304 e. The molecule has 0 spiro atoms. The first-order chi connectivity index (χ1) is 8.00. The SMILES string of the molecule is CN(C)C(=O)[C@@H](CC(=O)O)Cc1ccccc1. The maximum atomic E-state index is 11.8. The molecule has 0 fully saturated rings. The smallest absolute Gasteiger partial charge is 0.304 e. The van der Waals surface area contributed by atoms with E-state index >= 15 is 0 Å². The van der Waals surface area contributed by atoms with Gasteiger partial charge >= 0.3 is 5.97 Å². The van der Waals surface area contributed by atoms with Gasteiger partial charge in [0.1, 0.15) is 0 Å². The van der Waals surface area contributed by atoms with Crippen LogP contribution in [0.15, 0.2) is 30.3 Å². The minimum absolute atomic E-state index is 0.133. The van der Waals surface area contributed by atoms with Crippen molar-refractivity contribution in [1.29, 1.82) is 0 Å². The van der Waals surface area contributed by atoms with Crippen LogP contribution < -0.4 is 0 Å². The number of carbonyl (C=O) groups excluding carboxylic acids is 1. The predicted molar refractivity (Wildman–Crippen MR) is 64.6 cm³/mol. The predicted octanol–water partition coefficient (Wildman–Crippen LogP) is 1.41. The molecule has 1 atom stereocenters. The van der Waals surface area contributed by atoms with Crippen molar-refractivity contribution < 1.29 is 14.7 Å². The van der Waals surface area contributed by atoms with E-state index in [4.69, 9.17) is 5.11 Å². The van der Waals surface area contributed by atoms with E-state index in [-0.39, 0.29) is 12.3 Å². The standard InChI is InChI=1S/C13H17NO3/c1-14(2)13(17)11(9-12(15)16)8-10-6-4-3-5-7-10/h3-7,11H,8-9H2,1-2H3,(H,15,16)/t11-/m1/s1. The van der Waals surface area contributed by atoms with Crippen LogP contribution in [0.5, 0.6) is 0 Å². The molecule has 1 amide bonds. The molecule has 4 heteroatoms. The molecule has 0 aliphatic rings. The molecular weight excluding hydrogens is 218 g/mol. The molecular formula is C13H17NO3. The highest BCUT2D eigenvalue weighted by Gasteiger charge is 2.23. The Morgan fingerprint density at radius 1 is 1.24 bits per heavy atom. The summed E-state index contributed by atoms with van der Waals surface area (Å²) in [4.78, 5) is 24.0. The molecule has 4 nitrogen and oxygen atoms in total. The van der Waals surface area contributed by atoms with E-state index in [1.807, 2.05) is 30.3 Å². The quantitative estimate of drug-likeness (QED) is 0.839. The molecule has 1 aromatic rings. The number of hydrogen-bond donors (Lipinski definition) is 1. The van der Waals surface area contributed by atoms with Gasteiger partial charge in [0.25, 0.3) is 0 Å². The number of benzene rings is 1. The van der Waals surface area contributed by atoms with E-state index in [1.54, 1.807) is 14.1 Å². The van der Waals surface area contributed by atoms with Crippen molar-refractivity contribution in [2.45, 2.75) is 12.8 Å². The molecule has 0 heterocycles. The van der Waals surface area contributed by atoms with E-state index in [1.165, 1.54) is 4.90 Å². The molecule has 17 heavy (non-hydrogen) atoms. The maximum absolute atomic E-state index is 11.8. The van der Waals surface area contributed by atoms with Crippen LogP contribution in [0.2, 0.25) is 0 Å². The van der Waals surface area contributed by atoms with E-state index in [9.17, 15) is 9.59 Å². The second kappa shape index (κ2) is 6.03. The summed E-state index contributed by atoms with van der Waals surface area (Å²) in [5, 5.41) is 8.82. The Morgan fingerprint density at radius 3 is 2.29 bits per heavy atom. The summed E-state index contributed by atoms with van der Waals surface area (Å²) in [5.74, 6) is -1.58. The van der Waals surface area contributed by atoms with Gasteiger partial charge in [-0.25, -0.2) is 0 Å². The lowest BCUT2D eigenvalue weighted by Gasteiger charge is -2.19. The summed E-state index contributed by atoms with van der Waals surface area (Å²) in [6.07, 6.45) is 0.329. The monoisotopic (exact) mass is 235 g/mol. The average Bonchev–Trinajstić information content (AvgIpc) is 2.28. The Labute approximate surface area is 101 Å². The highest BCUT2D eigenvalue weighted by molar-refractivity contribution is 5.83. The molecule has 92 valence electrons. The Bertz CT molecular complexity index is 387. The summed E-state index contributed by atoms with van der Waals surface area (Å²) in [6.45, 7) is 0. The zero-order valence-electron chi connectivity index (χ0n) is 10.1. The zero-order chi connectivity index (χ0) is 12.8. The van der Waals surface area contributed by atoms with Crippen molar-refractivity contribution >= 4 is 11.9 Å². The fourth-order valence-electron chi connectivity index (χ4n) is 1.72. The summed E-state index contributed by atoms with van der Waals surface area (Å²) in [5.41, 5.74) is 0.981. The fraction of sp³-hybridized carbons (Fsp3) is 0.385. The van der Waals surface area contributed by atoms with Crippen LogP contribution >= 0.6 is 0 Å². The molecule has 1 N–H and O–H groups in total. The van der Waals surface area contributed by atoms with Crippen molar-refractivity contribution in [2.24, 2.45) is 5.92 Å². The van der Waals surface area contributed by atoms with E-state index < -0.39 is 11.9 Å². The summed E-state index contributed by atoms with van der Waals surface area (Å²) in [6, 6.07) is 9.46. The zero-order valence-corrected chi connectivity index (χ0v) is 10.1. The normalized spacial score (nSPS) is 11.9. The highest BCUT2D eigenvalue weighted by Crippen LogP contribution is 2.14. The van der Waals surface area contributed by atoms with Crippen molar-refractivity contribution in [3.05, 3.63) is 35.9 Å². The van der Waals surface area contributed by atoms with Gasteiger partial charge in [0, 0.05) is 14.1 Å². The summed E-state index contributed by atoms with van der Waals surface area (Å²) < 4.78 is 0. The molecule has 0 unspecified atom stereocenters. The van der Waals surface area contributed by atoms with Gasteiger partial charge in [-0.15, -0.1) is 0 Å². The lowest BCUT2D eigenvalue weighted by atomic mass is 9.95. The number of rotatable bonds is 5. The Balaban J connectivity index is 2.77. The van der Waals surface area contributed by atoms with Crippen LogP contribution in [0.1, 0.15) is 12.0 Å². The molecule has 0 radical (unpaired) electrons. The third-order valence-electron chi connectivity index (χ3n) is 2.54. The minimum Gasteiger partial charge on any atom is -0.481 e. The first kappa shape index (κ1) is 13.2. The molecule has 0 aromatic heterocycles. The topological polar surface area (TPSA) is 57.6 Å². The van der Waals surface area contributed by atoms with Crippen molar-refractivity contribution in [3.8, 4) is 0 Å². The van der Waals surface area contributed by atoms with Crippen LogP contribution in [0.4, 0.5) is 0 Å². The Morgan fingerprint density at radius 2 is 1.82 bits per heavy atom. The van der Waals surface area contributed by atoms with Gasteiger partial charge in [0.05, 0.1) is 12.3 Å². The molecule has 0 aliphatic carbocycles. The summed E-state index contributed by atoms with van der Waals surface area (Å²) >= 11 is 0. The summed E-state index contributed by atoms with van der Waals surface area (Å²) in [7, 11) is 3.28. The van der Waals surface area contributed by atoms with Crippen LogP contribution in [0, 0.1) is 5.92 Å². The number of carboxylic acid groups (broad SMARTS) is 1. The van der Waals surface area contributed by atoms with Gasteiger partial charge in [-0.05, 0) is 12.0 Å². The highest BCUT2D eigenvalue weighted by atomic mass is 16.4. The second-order valence-electron chi connectivity index (χ2n) is 4.22. The minimum atomic E-state index is -0.943. The number of aliphatic carboxylic acids is 1. The molecule has 0 saturated heterocycles. The van der Waals surface area contributed by atoms with Gasteiger partial charge in [0.15, 0.2) is 0 Å². The van der Waals surface area contributed by atoms with Crippen LogP contribution in [0.25, 0.3) is 0 Å². The molecule has 1 aromatic carbocycles. The molecule has 1 rings (SSSR count). The van der Waals surface area contributed by atoms with Gasteiger partial charge in [-0.3, -0.25) is 9.59 Å². The largest absolute Gasteiger partial charge is 0.481 e. The van der Waals surface area contributed by atoms with Crippen molar-refractivity contribution in [1.82, 2.24) is 4.90 Å². The fourth-order valence-corrected chi connectivity index (χ4v) is 1.72. The van der Waals surface area contributed by atoms with E-state index in [0.717, 1.165) is 5.56 Å². The molecule has 0 aliphatic heterocycles. The number of amides is 1. The number of carboxylic acids is 1. The second-order valence-corrected chi connectivity index (χ2v) is 4.22. The van der Waals surface area contributed by atoms with E-state index in [0.29, 0.717) is 6.42 Å². The number of carbonyl (C=O) groups is 2. The van der Waals surface area contributed by atoms with Crippen molar-refractivity contribution in [3.63, 3.8) is 0 Å². The Hall–Kier alpha value is -1.84. The molecule has 0 bridgehead atoms. The van der Waals surface area contributed by atoms with Crippen LogP contribution in [0.3, 0.4) is 0 Å². The average molecular weight is 235 g/mol. The van der Waals surface area contributed by atoms with Gasteiger partial charge in [0.2, 0.25) is 5.91 Å². The molecule has 0 saturated carbocycles. The van der Waals surface area contributed by atoms with Gasteiger partial charge in [-0.2, -0.15) is 0 Å². The van der Waals surface area contributed by atoms with Gasteiger partial charge in [-0.1, -0.05) is 30.3 Å². The van der Waals surface area contributed by atoms with Gasteiger partial charge < -0.3 is 10.0 Å². The van der Waals surface area contributed by atoms with Crippen molar-refractivity contribution in [2.75, 3.05) is 14.1 Å². The number of hydrogen-bond acceptors (Lipinski definition) is 2. The lowest BCUT2D eigenvalue weighted by molar-refractivity contribution is -0.143. The van der Waals surface area contributed by atoms with Crippen LogP contribution in [-0.2, 0) is 16.0 Å². The Kier molecular flexibility index (Phi) is 4.69. The third kappa shape index (κ3) is 4.26. The van der Waals surface area contributed by atoms with E-state index in [2.05, 4.69) is 0 Å². The lowest BCUT2D eigenvalue weighted by Crippen LogP contribution is -2.32.